The summed E-state index contributed by atoms with van der Waals surface area (Å²) in [6.45, 7) is 0. The third-order valence-electron chi connectivity index (χ3n) is 2.08. The van der Waals surface area contributed by atoms with Crippen molar-refractivity contribution < 1.29 is 18.0 Å². The minimum absolute atomic E-state index is 0.00896. The van der Waals surface area contributed by atoms with Crippen LogP contribution in [0.15, 0.2) is 29.0 Å². The Hall–Kier alpha value is -1.70. The van der Waals surface area contributed by atoms with Gasteiger partial charge in [0.15, 0.2) is 0 Å². The zero-order valence-electron chi connectivity index (χ0n) is 8.62. The van der Waals surface area contributed by atoms with Gasteiger partial charge in [-0.05, 0) is 28.1 Å². The van der Waals surface area contributed by atoms with Crippen LogP contribution in [0, 0.1) is 0 Å². The van der Waals surface area contributed by atoms with Crippen LogP contribution < -0.4 is 5.32 Å². The second-order valence-corrected chi connectivity index (χ2v) is 4.10. The van der Waals surface area contributed by atoms with Gasteiger partial charge in [0.2, 0.25) is 0 Å². The highest BCUT2D eigenvalue weighted by Gasteiger charge is 2.39. The zero-order valence-corrected chi connectivity index (χ0v) is 10.2. The van der Waals surface area contributed by atoms with Crippen molar-refractivity contribution in [3.63, 3.8) is 0 Å². The zero-order chi connectivity index (χ0) is 13.3. The van der Waals surface area contributed by atoms with Gasteiger partial charge in [0, 0.05) is 12.4 Å². The molecule has 8 heteroatoms. The molecule has 1 N–H and O–H groups in total. The fourth-order valence-corrected chi connectivity index (χ4v) is 1.83. The normalized spacial score (nSPS) is 11.6. The number of nitrogens with zero attached hydrogens (tertiary/aromatic N) is 2. The number of amides is 1. The third kappa shape index (κ3) is 2.42. The molecule has 0 aliphatic heterocycles. The number of hydrogen-bond donors (Lipinski definition) is 1. The smallest absolute Gasteiger partial charge is 0.317 e. The molecule has 1 heterocycles. The molecule has 2 aromatic rings. The van der Waals surface area contributed by atoms with Gasteiger partial charge in [0.1, 0.15) is 5.52 Å². The van der Waals surface area contributed by atoms with Crippen molar-refractivity contribution in [3.8, 4) is 0 Å². The van der Waals surface area contributed by atoms with Gasteiger partial charge in [-0.2, -0.15) is 13.2 Å². The predicted molar refractivity (Wildman–Crippen MR) is 61.9 cm³/mol. The molecule has 1 amide bonds. The first kappa shape index (κ1) is 12.7. The van der Waals surface area contributed by atoms with Crippen LogP contribution in [0.1, 0.15) is 0 Å². The van der Waals surface area contributed by atoms with Gasteiger partial charge in [0.25, 0.3) is 0 Å². The quantitative estimate of drug-likeness (QED) is 0.879. The SMILES string of the molecule is O=C(Nc1ccc2nccnc2c1Br)C(F)(F)F. The molecule has 0 saturated carbocycles. The third-order valence-corrected chi connectivity index (χ3v) is 2.89. The summed E-state index contributed by atoms with van der Waals surface area (Å²) in [6.07, 6.45) is -2.07. The van der Waals surface area contributed by atoms with Crippen molar-refractivity contribution in [2.75, 3.05) is 5.32 Å². The van der Waals surface area contributed by atoms with Crippen molar-refractivity contribution in [2.45, 2.75) is 6.18 Å². The molecule has 0 bridgehead atoms. The van der Waals surface area contributed by atoms with Crippen LogP contribution in [0.4, 0.5) is 18.9 Å². The fourth-order valence-electron chi connectivity index (χ4n) is 1.29. The van der Waals surface area contributed by atoms with Crippen LogP contribution in [0.2, 0.25) is 0 Å². The molecule has 1 aromatic heterocycles. The molecule has 0 fully saturated rings. The Morgan fingerprint density at radius 1 is 1.22 bits per heavy atom. The lowest BCUT2D eigenvalue weighted by molar-refractivity contribution is -0.167. The van der Waals surface area contributed by atoms with Crippen LogP contribution in [0.5, 0.6) is 0 Å². The number of aromatic nitrogens is 2. The Morgan fingerprint density at radius 3 is 2.56 bits per heavy atom. The van der Waals surface area contributed by atoms with Gasteiger partial charge in [-0.1, -0.05) is 0 Å². The Bertz CT molecular complexity index is 615. The minimum Gasteiger partial charge on any atom is -0.317 e. The van der Waals surface area contributed by atoms with Crippen LogP contribution in [-0.4, -0.2) is 22.1 Å². The Morgan fingerprint density at radius 2 is 1.89 bits per heavy atom. The van der Waals surface area contributed by atoms with E-state index in [9.17, 15) is 18.0 Å². The van der Waals surface area contributed by atoms with Crippen LogP contribution >= 0.6 is 15.9 Å². The van der Waals surface area contributed by atoms with E-state index in [1.165, 1.54) is 24.5 Å². The number of carbonyl (C=O) groups excluding carboxylic acids is 1. The number of rotatable bonds is 1. The second-order valence-electron chi connectivity index (χ2n) is 3.30. The highest BCUT2D eigenvalue weighted by molar-refractivity contribution is 9.10. The monoisotopic (exact) mass is 319 g/mol. The Balaban J connectivity index is 2.41. The summed E-state index contributed by atoms with van der Waals surface area (Å²) in [4.78, 5) is 18.8. The first-order valence-electron chi connectivity index (χ1n) is 4.67. The maximum absolute atomic E-state index is 12.1. The summed E-state index contributed by atoms with van der Waals surface area (Å²) >= 11 is 3.09. The van der Waals surface area contributed by atoms with Gasteiger partial charge < -0.3 is 5.32 Å². The van der Waals surface area contributed by atoms with Crippen molar-refractivity contribution in [2.24, 2.45) is 0 Å². The number of halogens is 4. The summed E-state index contributed by atoms with van der Waals surface area (Å²) in [6, 6.07) is 2.80. The number of benzene rings is 1. The molecule has 0 radical (unpaired) electrons. The van der Waals surface area contributed by atoms with Gasteiger partial charge in [0.05, 0.1) is 15.7 Å². The van der Waals surface area contributed by atoms with Gasteiger partial charge >= 0.3 is 12.1 Å². The van der Waals surface area contributed by atoms with E-state index in [0.717, 1.165) is 0 Å². The Labute approximate surface area is 107 Å². The lowest BCUT2D eigenvalue weighted by Crippen LogP contribution is -2.30. The van der Waals surface area contributed by atoms with Crippen molar-refractivity contribution in [3.05, 3.63) is 29.0 Å². The molecule has 0 spiro atoms. The highest BCUT2D eigenvalue weighted by atomic mass is 79.9. The van der Waals surface area contributed by atoms with E-state index in [2.05, 4.69) is 25.9 Å². The van der Waals surface area contributed by atoms with E-state index in [0.29, 0.717) is 11.0 Å². The lowest BCUT2D eigenvalue weighted by atomic mass is 10.2. The number of carbonyl (C=O) groups is 1. The highest BCUT2D eigenvalue weighted by Crippen LogP contribution is 2.30. The Kier molecular flexibility index (Phi) is 3.20. The molecule has 0 aliphatic rings. The maximum Gasteiger partial charge on any atom is 0.471 e. The maximum atomic E-state index is 12.1. The lowest BCUT2D eigenvalue weighted by Gasteiger charge is -2.10. The van der Waals surface area contributed by atoms with Crippen molar-refractivity contribution >= 4 is 38.6 Å². The number of fused-ring (bicyclic) bond motifs is 1. The van der Waals surface area contributed by atoms with Crippen molar-refractivity contribution in [1.29, 1.82) is 0 Å². The molecule has 2 rings (SSSR count). The van der Waals surface area contributed by atoms with Gasteiger partial charge in [-0.15, -0.1) is 0 Å². The first-order valence-corrected chi connectivity index (χ1v) is 5.46. The summed E-state index contributed by atoms with van der Waals surface area (Å²) in [7, 11) is 0. The topological polar surface area (TPSA) is 54.9 Å². The molecule has 94 valence electrons. The van der Waals surface area contributed by atoms with Crippen LogP contribution in [0.3, 0.4) is 0 Å². The van der Waals surface area contributed by atoms with Crippen LogP contribution in [0.25, 0.3) is 11.0 Å². The molecule has 0 aliphatic carbocycles. The van der Waals surface area contributed by atoms with E-state index in [-0.39, 0.29) is 10.2 Å². The average molecular weight is 320 g/mol. The number of alkyl halides is 3. The summed E-state index contributed by atoms with van der Waals surface area (Å²) in [5.74, 6) is -2.04. The average Bonchev–Trinajstić information content (AvgIpc) is 2.32. The van der Waals surface area contributed by atoms with Crippen LogP contribution in [-0.2, 0) is 4.79 Å². The van der Waals surface area contributed by atoms with Gasteiger partial charge in [-0.25, -0.2) is 0 Å². The van der Waals surface area contributed by atoms with E-state index in [4.69, 9.17) is 0 Å². The summed E-state index contributed by atoms with van der Waals surface area (Å²) < 4.78 is 36.6. The molecule has 4 nitrogen and oxygen atoms in total. The molecule has 1 aromatic carbocycles. The minimum atomic E-state index is -4.93. The largest absolute Gasteiger partial charge is 0.471 e. The molecular formula is C10H5BrF3N3O. The molecule has 0 atom stereocenters. The number of nitrogens with one attached hydrogen (secondary N) is 1. The molecule has 0 saturated heterocycles. The summed E-state index contributed by atoms with van der Waals surface area (Å²) in [5, 5.41) is 1.76. The van der Waals surface area contributed by atoms with Gasteiger partial charge in [-0.3, -0.25) is 14.8 Å². The standard InChI is InChI=1S/C10H5BrF3N3O/c11-7-5(17-9(18)10(12,13)14)1-2-6-8(7)16-4-3-15-6/h1-4H,(H,17,18). The van der Waals surface area contributed by atoms with E-state index in [1.807, 2.05) is 0 Å². The molecule has 0 unspecified atom stereocenters. The first-order chi connectivity index (χ1) is 8.39. The fraction of sp³-hybridized carbons (Fsp3) is 0.100. The molecular weight excluding hydrogens is 315 g/mol. The summed E-state index contributed by atoms with van der Waals surface area (Å²) in [5.41, 5.74) is 0.872. The van der Waals surface area contributed by atoms with E-state index in [1.54, 1.807) is 5.32 Å². The number of hydrogen-bond acceptors (Lipinski definition) is 3. The van der Waals surface area contributed by atoms with Crippen molar-refractivity contribution in [1.82, 2.24) is 9.97 Å². The second kappa shape index (κ2) is 4.52. The van der Waals surface area contributed by atoms with E-state index >= 15 is 0 Å². The number of anilines is 1. The molecule has 18 heavy (non-hydrogen) atoms. The van der Waals surface area contributed by atoms with E-state index < -0.39 is 12.1 Å². The predicted octanol–water partition coefficient (Wildman–Crippen LogP) is 2.89.